The van der Waals surface area contributed by atoms with Crippen molar-refractivity contribution in [1.29, 1.82) is 0 Å². The summed E-state index contributed by atoms with van der Waals surface area (Å²) in [6, 6.07) is 11.2. The average Bonchev–Trinajstić information content (AvgIpc) is 2.60. The van der Waals surface area contributed by atoms with Gasteiger partial charge in [-0.25, -0.2) is 0 Å². The molecule has 1 aliphatic heterocycles. The monoisotopic (exact) mass is 390 g/mol. The summed E-state index contributed by atoms with van der Waals surface area (Å²) in [5, 5.41) is 1.92. The van der Waals surface area contributed by atoms with E-state index in [1.165, 1.54) is 7.11 Å². The Hall–Kier alpha value is -1.92. The summed E-state index contributed by atoms with van der Waals surface area (Å²) in [5.74, 6) is -0.364. The highest BCUT2D eigenvalue weighted by molar-refractivity contribution is 9.10. The van der Waals surface area contributed by atoms with Gasteiger partial charge in [-0.3, -0.25) is 14.5 Å². The molecule has 0 N–H and O–H groups in total. The molecule has 0 saturated carbocycles. The normalized spacial score (nSPS) is 18.6. The Labute approximate surface area is 149 Å². The Morgan fingerprint density at radius 1 is 1.21 bits per heavy atom. The van der Waals surface area contributed by atoms with Gasteiger partial charge in [0.15, 0.2) is 0 Å². The van der Waals surface area contributed by atoms with Gasteiger partial charge in [-0.1, -0.05) is 34.1 Å². The van der Waals surface area contributed by atoms with Crippen molar-refractivity contribution in [3.63, 3.8) is 0 Å². The number of methoxy groups -OCH3 is 1. The first-order valence-corrected chi connectivity index (χ1v) is 8.56. The number of carbonyl (C=O) groups is 2. The van der Waals surface area contributed by atoms with Crippen molar-refractivity contribution in [2.75, 3.05) is 33.8 Å². The fourth-order valence-corrected chi connectivity index (χ4v) is 3.41. The Morgan fingerprint density at radius 3 is 2.75 bits per heavy atom. The fraction of sp³-hybridized carbons (Fsp3) is 0.333. The molecular formula is C18H19BrN2O3. The molecule has 1 atom stereocenters. The second kappa shape index (κ2) is 6.91. The lowest BCUT2D eigenvalue weighted by Gasteiger charge is -2.37. The Kier molecular flexibility index (Phi) is 4.87. The van der Waals surface area contributed by atoms with Gasteiger partial charge in [-0.15, -0.1) is 0 Å². The standard InChI is InChI=1S/C18H19BrN2O3/c1-20-8-9-21(11-16(20)18(23)24-2)17(22)14-5-3-4-12-6-7-13(19)10-15(12)14/h3-7,10,16H,8-9,11H2,1-2H3. The van der Waals surface area contributed by atoms with Gasteiger partial charge in [0.1, 0.15) is 6.04 Å². The summed E-state index contributed by atoms with van der Waals surface area (Å²) in [6.07, 6.45) is 0. The molecule has 1 amide bonds. The van der Waals surface area contributed by atoms with Crippen LogP contribution in [-0.4, -0.2) is 61.5 Å². The topological polar surface area (TPSA) is 49.9 Å². The first-order chi connectivity index (χ1) is 11.5. The molecule has 0 aliphatic carbocycles. The number of fused-ring (bicyclic) bond motifs is 1. The first kappa shape index (κ1) is 16.9. The molecule has 1 unspecified atom stereocenters. The second-order valence-corrected chi connectivity index (χ2v) is 6.86. The van der Waals surface area contributed by atoms with Crippen LogP contribution in [0.15, 0.2) is 40.9 Å². The van der Waals surface area contributed by atoms with E-state index in [2.05, 4.69) is 15.9 Å². The van der Waals surface area contributed by atoms with E-state index in [1.54, 1.807) is 4.90 Å². The molecule has 6 heteroatoms. The van der Waals surface area contributed by atoms with Crippen molar-refractivity contribution in [3.05, 3.63) is 46.4 Å². The van der Waals surface area contributed by atoms with Crippen molar-refractivity contribution in [2.45, 2.75) is 6.04 Å². The van der Waals surface area contributed by atoms with Crippen LogP contribution in [0, 0.1) is 0 Å². The molecule has 126 valence electrons. The smallest absolute Gasteiger partial charge is 0.324 e. The van der Waals surface area contributed by atoms with Gasteiger partial charge >= 0.3 is 5.97 Å². The number of nitrogens with zero attached hydrogens (tertiary/aromatic N) is 2. The van der Waals surface area contributed by atoms with Crippen LogP contribution in [0.5, 0.6) is 0 Å². The SMILES string of the molecule is COC(=O)C1CN(C(=O)c2cccc3ccc(Br)cc23)CCN1C. The van der Waals surface area contributed by atoms with E-state index in [1.807, 2.05) is 48.3 Å². The number of esters is 1. The first-order valence-electron chi connectivity index (χ1n) is 7.77. The predicted octanol–water partition coefficient (Wildman–Crippen LogP) is 2.53. The van der Waals surface area contributed by atoms with Crippen LogP contribution in [0.3, 0.4) is 0 Å². The Balaban J connectivity index is 1.92. The quantitative estimate of drug-likeness (QED) is 0.739. The van der Waals surface area contributed by atoms with Crippen LogP contribution in [0.2, 0.25) is 0 Å². The zero-order chi connectivity index (χ0) is 17.3. The number of carbonyl (C=O) groups excluding carboxylic acids is 2. The maximum Gasteiger partial charge on any atom is 0.324 e. The summed E-state index contributed by atoms with van der Waals surface area (Å²) < 4.78 is 5.79. The minimum absolute atomic E-state index is 0.0549. The number of hydrogen-bond donors (Lipinski definition) is 0. The van der Waals surface area contributed by atoms with Gasteiger partial charge in [-0.2, -0.15) is 0 Å². The summed E-state index contributed by atoms with van der Waals surface area (Å²) in [4.78, 5) is 28.6. The molecular weight excluding hydrogens is 372 g/mol. The third kappa shape index (κ3) is 3.16. The molecule has 0 bridgehead atoms. The molecule has 0 radical (unpaired) electrons. The second-order valence-electron chi connectivity index (χ2n) is 5.94. The average molecular weight is 391 g/mol. The van der Waals surface area contributed by atoms with Crippen LogP contribution in [0.25, 0.3) is 10.8 Å². The maximum absolute atomic E-state index is 13.0. The molecule has 3 rings (SSSR count). The van der Waals surface area contributed by atoms with E-state index in [0.29, 0.717) is 25.2 Å². The maximum atomic E-state index is 13.0. The summed E-state index contributed by atoms with van der Waals surface area (Å²) >= 11 is 3.46. The number of piperazine rings is 1. The highest BCUT2D eigenvalue weighted by Gasteiger charge is 2.33. The summed E-state index contributed by atoms with van der Waals surface area (Å²) in [7, 11) is 3.25. The molecule has 0 spiro atoms. The van der Waals surface area contributed by atoms with Gasteiger partial charge in [0.25, 0.3) is 5.91 Å². The van der Waals surface area contributed by atoms with E-state index >= 15 is 0 Å². The lowest BCUT2D eigenvalue weighted by Crippen LogP contribution is -2.56. The number of hydrogen-bond acceptors (Lipinski definition) is 4. The van der Waals surface area contributed by atoms with Crippen LogP contribution in [0.1, 0.15) is 10.4 Å². The third-order valence-corrected chi connectivity index (χ3v) is 4.98. The number of benzene rings is 2. The van der Waals surface area contributed by atoms with Crippen molar-refractivity contribution in [1.82, 2.24) is 9.80 Å². The van der Waals surface area contributed by atoms with Crippen molar-refractivity contribution in [2.24, 2.45) is 0 Å². The number of halogens is 1. The molecule has 1 saturated heterocycles. The van der Waals surface area contributed by atoms with E-state index in [9.17, 15) is 9.59 Å². The van der Waals surface area contributed by atoms with E-state index in [4.69, 9.17) is 4.74 Å². The lowest BCUT2D eigenvalue weighted by molar-refractivity contribution is -0.148. The van der Waals surface area contributed by atoms with Crippen LogP contribution in [0.4, 0.5) is 0 Å². The van der Waals surface area contributed by atoms with Crippen LogP contribution < -0.4 is 0 Å². The third-order valence-electron chi connectivity index (χ3n) is 4.48. The molecule has 5 nitrogen and oxygen atoms in total. The minimum atomic E-state index is -0.422. The number of likely N-dealkylation sites (N-methyl/N-ethyl adjacent to an activating group) is 1. The van der Waals surface area contributed by atoms with Gasteiger partial charge in [-0.05, 0) is 36.0 Å². The van der Waals surface area contributed by atoms with Crippen LogP contribution >= 0.6 is 15.9 Å². The predicted molar refractivity (Wildman–Crippen MR) is 96.0 cm³/mol. The van der Waals surface area contributed by atoms with E-state index in [0.717, 1.165) is 15.2 Å². The highest BCUT2D eigenvalue weighted by Crippen LogP contribution is 2.25. The molecule has 1 heterocycles. The molecule has 1 fully saturated rings. The van der Waals surface area contributed by atoms with Crippen molar-refractivity contribution < 1.29 is 14.3 Å². The van der Waals surface area contributed by atoms with Crippen molar-refractivity contribution >= 4 is 38.6 Å². The zero-order valence-electron chi connectivity index (χ0n) is 13.7. The van der Waals surface area contributed by atoms with Gasteiger partial charge in [0.2, 0.25) is 0 Å². The molecule has 0 aromatic heterocycles. The number of ether oxygens (including phenoxy) is 1. The minimum Gasteiger partial charge on any atom is -0.468 e. The number of amides is 1. The molecule has 2 aromatic rings. The zero-order valence-corrected chi connectivity index (χ0v) is 15.2. The van der Waals surface area contributed by atoms with Gasteiger partial charge < -0.3 is 9.64 Å². The van der Waals surface area contributed by atoms with E-state index in [-0.39, 0.29) is 11.9 Å². The number of rotatable bonds is 2. The highest BCUT2D eigenvalue weighted by atomic mass is 79.9. The van der Waals surface area contributed by atoms with Gasteiger partial charge in [0, 0.05) is 29.7 Å². The van der Waals surface area contributed by atoms with Gasteiger partial charge in [0.05, 0.1) is 7.11 Å². The summed E-state index contributed by atoms with van der Waals surface area (Å²) in [5.41, 5.74) is 0.655. The summed E-state index contributed by atoms with van der Waals surface area (Å²) in [6.45, 7) is 1.57. The largest absolute Gasteiger partial charge is 0.468 e. The molecule has 2 aromatic carbocycles. The van der Waals surface area contributed by atoms with Crippen LogP contribution in [-0.2, 0) is 9.53 Å². The Bertz CT molecular complexity index is 793. The Morgan fingerprint density at radius 2 is 2.00 bits per heavy atom. The fourth-order valence-electron chi connectivity index (χ4n) is 3.05. The van der Waals surface area contributed by atoms with Crippen molar-refractivity contribution in [3.8, 4) is 0 Å². The molecule has 24 heavy (non-hydrogen) atoms. The lowest BCUT2D eigenvalue weighted by atomic mass is 10.0. The molecule has 1 aliphatic rings. The van der Waals surface area contributed by atoms with E-state index < -0.39 is 6.04 Å².